The Morgan fingerprint density at radius 3 is 2.43 bits per heavy atom. The number of hydrogen-bond acceptors (Lipinski definition) is 2. The van der Waals surface area contributed by atoms with E-state index in [4.69, 9.17) is 0 Å². The van der Waals surface area contributed by atoms with E-state index in [9.17, 15) is 8.42 Å². The van der Waals surface area contributed by atoms with Crippen molar-refractivity contribution in [2.24, 2.45) is 0 Å². The second-order valence-electron chi connectivity index (χ2n) is 3.67. The zero-order valence-corrected chi connectivity index (χ0v) is 8.85. The quantitative estimate of drug-likeness (QED) is 0.746. The van der Waals surface area contributed by atoms with Crippen LogP contribution in [0.1, 0.15) is 25.3 Å². The summed E-state index contributed by atoms with van der Waals surface area (Å²) in [5, 5.41) is 0. The van der Waals surface area contributed by atoms with Crippen LogP contribution >= 0.6 is 0 Å². The molecular formula is C9H12N2O2S. The lowest BCUT2D eigenvalue weighted by atomic mass is 10.0. The van der Waals surface area contributed by atoms with Crippen LogP contribution in [-0.2, 0) is 10.2 Å². The van der Waals surface area contributed by atoms with Crippen molar-refractivity contribution < 1.29 is 8.42 Å². The van der Waals surface area contributed by atoms with E-state index >= 15 is 0 Å². The SMILES string of the molecule is CC(C)c1ccc2c(c1)NS(=O)(=O)N2. The summed E-state index contributed by atoms with van der Waals surface area (Å²) in [7, 11) is -3.35. The molecule has 1 aromatic carbocycles. The van der Waals surface area contributed by atoms with Gasteiger partial charge in [0, 0.05) is 0 Å². The molecule has 0 amide bonds. The van der Waals surface area contributed by atoms with E-state index in [2.05, 4.69) is 23.3 Å². The van der Waals surface area contributed by atoms with E-state index in [1.54, 1.807) is 6.07 Å². The maximum atomic E-state index is 11.1. The minimum atomic E-state index is -3.35. The number of rotatable bonds is 1. The van der Waals surface area contributed by atoms with Crippen molar-refractivity contribution in [2.45, 2.75) is 19.8 Å². The summed E-state index contributed by atoms with van der Waals surface area (Å²) in [4.78, 5) is 0. The van der Waals surface area contributed by atoms with E-state index in [0.717, 1.165) is 5.56 Å². The van der Waals surface area contributed by atoms with Crippen molar-refractivity contribution in [3.63, 3.8) is 0 Å². The smallest absolute Gasteiger partial charge is 0.265 e. The Balaban J connectivity index is 2.45. The molecule has 0 unspecified atom stereocenters. The molecule has 0 atom stereocenters. The van der Waals surface area contributed by atoms with Crippen molar-refractivity contribution in [1.29, 1.82) is 0 Å². The Labute approximate surface area is 83.5 Å². The molecule has 0 saturated carbocycles. The third kappa shape index (κ3) is 1.55. The van der Waals surface area contributed by atoms with Crippen molar-refractivity contribution in [3.05, 3.63) is 23.8 Å². The van der Waals surface area contributed by atoms with E-state index in [-0.39, 0.29) is 0 Å². The van der Waals surface area contributed by atoms with Gasteiger partial charge in [-0.05, 0) is 23.6 Å². The lowest BCUT2D eigenvalue weighted by Crippen LogP contribution is -2.12. The first-order valence-corrected chi connectivity index (χ1v) is 5.91. The predicted molar refractivity (Wildman–Crippen MR) is 56.7 cm³/mol. The average Bonchev–Trinajstić information content (AvgIpc) is 2.36. The molecule has 1 aliphatic rings. The highest BCUT2D eigenvalue weighted by atomic mass is 32.2. The molecule has 0 spiro atoms. The number of hydrogen-bond donors (Lipinski definition) is 2. The topological polar surface area (TPSA) is 58.2 Å². The summed E-state index contributed by atoms with van der Waals surface area (Å²) in [6.45, 7) is 4.14. The molecule has 0 aromatic heterocycles. The number of fused-ring (bicyclic) bond motifs is 1. The summed E-state index contributed by atoms with van der Waals surface area (Å²) in [6.07, 6.45) is 0. The molecule has 1 aliphatic heterocycles. The fourth-order valence-electron chi connectivity index (χ4n) is 1.41. The largest absolute Gasteiger partial charge is 0.321 e. The lowest BCUT2D eigenvalue weighted by Gasteiger charge is -2.05. The molecule has 0 fully saturated rings. The predicted octanol–water partition coefficient (Wildman–Crippen LogP) is 1.89. The minimum absolute atomic E-state index is 0.394. The van der Waals surface area contributed by atoms with Crippen molar-refractivity contribution in [3.8, 4) is 0 Å². The zero-order valence-electron chi connectivity index (χ0n) is 8.03. The molecular weight excluding hydrogens is 200 g/mol. The highest BCUT2D eigenvalue weighted by Crippen LogP contribution is 2.32. The van der Waals surface area contributed by atoms with Crippen LogP contribution in [0, 0.1) is 0 Å². The first-order valence-electron chi connectivity index (χ1n) is 4.42. The Kier molecular flexibility index (Phi) is 1.92. The van der Waals surface area contributed by atoms with Gasteiger partial charge in [0.2, 0.25) is 0 Å². The highest BCUT2D eigenvalue weighted by Gasteiger charge is 2.22. The monoisotopic (exact) mass is 212 g/mol. The second-order valence-corrected chi connectivity index (χ2v) is 5.08. The third-order valence-electron chi connectivity index (χ3n) is 2.20. The molecule has 2 rings (SSSR count). The van der Waals surface area contributed by atoms with Crippen molar-refractivity contribution >= 4 is 21.6 Å². The molecule has 0 radical (unpaired) electrons. The number of nitrogens with one attached hydrogen (secondary N) is 2. The summed E-state index contributed by atoms with van der Waals surface area (Å²) in [5.41, 5.74) is 2.38. The van der Waals surface area contributed by atoms with Gasteiger partial charge in [0.05, 0.1) is 11.4 Å². The minimum Gasteiger partial charge on any atom is -0.265 e. The Morgan fingerprint density at radius 1 is 1.14 bits per heavy atom. The Morgan fingerprint density at radius 2 is 1.79 bits per heavy atom. The summed E-state index contributed by atoms with van der Waals surface area (Å²) < 4.78 is 27.1. The fourth-order valence-corrected chi connectivity index (χ4v) is 2.39. The van der Waals surface area contributed by atoms with E-state index < -0.39 is 10.2 Å². The van der Waals surface area contributed by atoms with E-state index in [1.165, 1.54) is 0 Å². The standard InChI is InChI=1S/C9H12N2O2S/c1-6(2)7-3-4-8-9(5-7)11-14(12,13)10-8/h3-6,10-11H,1-2H3. The molecule has 0 aliphatic carbocycles. The molecule has 14 heavy (non-hydrogen) atoms. The molecule has 1 aromatic rings. The van der Waals surface area contributed by atoms with Crippen molar-refractivity contribution in [2.75, 3.05) is 9.44 Å². The van der Waals surface area contributed by atoms with Crippen LogP contribution in [0.15, 0.2) is 18.2 Å². The second kappa shape index (κ2) is 2.88. The fraction of sp³-hybridized carbons (Fsp3) is 0.333. The van der Waals surface area contributed by atoms with Gasteiger partial charge in [-0.25, -0.2) is 0 Å². The molecule has 76 valence electrons. The average molecular weight is 212 g/mol. The summed E-state index contributed by atoms with van der Waals surface area (Å²) in [6, 6.07) is 5.57. The van der Waals surface area contributed by atoms with Crippen LogP contribution in [0.3, 0.4) is 0 Å². The molecule has 0 bridgehead atoms. The highest BCUT2D eigenvalue weighted by molar-refractivity contribution is 7.94. The maximum absolute atomic E-state index is 11.1. The van der Waals surface area contributed by atoms with Crippen LogP contribution < -0.4 is 9.44 Å². The number of benzene rings is 1. The van der Waals surface area contributed by atoms with Gasteiger partial charge < -0.3 is 0 Å². The molecule has 5 heteroatoms. The lowest BCUT2D eigenvalue weighted by molar-refractivity contribution is 0.607. The van der Waals surface area contributed by atoms with Gasteiger partial charge in [-0.1, -0.05) is 19.9 Å². The zero-order chi connectivity index (χ0) is 10.3. The van der Waals surface area contributed by atoms with Crippen LogP contribution in [-0.4, -0.2) is 8.42 Å². The van der Waals surface area contributed by atoms with Gasteiger partial charge in [-0.2, -0.15) is 8.42 Å². The summed E-state index contributed by atoms with van der Waals surface area (Å²) >= 11 is 0. The molecule has 0 saturated heterocycles. The van der Waals surface area contributed by atoms with Gasteiger partial charge in [-0.3, -0.25) is 9.44 Å². The van der Waals surface area contributed by atoms with E-state index in [0.29, 0.717) is 17.3 Å². The van der Waals surface area contributed by atoms with Gasteiger partial charge in [0.25, 0.3) is 0 Å². The normalized spacial score (nSPS) is 17.4. The molecule has 4 nitrogen and oxygen atoms in total. The molecule has 1 heterocycles. The number of anilines is 2. The summed E-state index contributed by atoms with van der Waals surface area (Å²) in [5.74, 6) is 0.394. The van der Waals surface area contributed by atoms with E-state index in [1.807, 2.05) is 12.1 Å². The van der Waals surface area contributed by atoms with Crippen LogP contribution in [0.2, 0.25) is 0 Å². The Bertz CT molecular complexity index is 466. The third-order valence-corrected chi connectivity index (χ3v) is 3.18. The first kappa shape index (κ1) is 9.33. The van der Waals surface area contributed by atoms with Gasteiger partial charge >= 0.3 is 10.2 Å². The van der Waals surface area contributed by atoms with Crippen molar-refractivity contribution in [1.82, 2.24) is 0 Å². The molecule has 2 N–H and O–H groups in total. The first-order chi connectivity index (χ1) is 6.48. The van der Waals surface area contributed by atoms with Crippen LogP contribution in [0.25, 0.3) is 0 Å². The van der Waals surface area contributed by atoms with Crippen LogP contribution in [0.4, 0.5) is 11.4 Å². The van der Waals surface area contributed by atoms with Gasteiger partial charge in [0.1, 0.15) is 0 Å². The van der Waals surface area contributed by atoms with Gasteiger partial charge in [-0.15, -0.1) is 0 Å². The van der Waals surface area contributed by atoms with Crippen LogP contribution in [0.5, 0.6) is 0 Å². The van der Waals surface area contributed by atoms with Gasteiger partial charge in [0.15, 0.2) is 0 Å². The maximum Gasteiger partial charge on any atom is 0.321 e. The Hall–Kier alpha value is -1.23.